The Labute approximate surface area is 88.4 Å². The molecule has 0 aromatic rings. The largest absolute Gasteiger partial charge is 0.381 e. The van der Waals surface area contributed by atoms with Crippen LogP contribution in [-0.2, 0) is 4.74 Å². The van der Waals surface area contributed by atoms with Gasteiger partial charge >= 0.3 is 0 Å². The van der Waals surface area contributed by atoms with Gasteiger partial charge in [-0.15, -0.1) is 0 Å². The van der Waals surface area contributed by atoms with Crippen molar-refractivity contribution in [2.45, 2.75) is 52.5 Å². The lowest BCUT2D eigenvalue weighted by Gasteiger charge is -2.17. The van der Waals surface area contributed by atoms with Gasteiger partial charge in [-0.25, -0.2) is 0 Å². The Kier molecular flexibility index (Phi) is 4.90. The van der Waals surface area contributed by atoms with E-state index in [-0.39, 0.29) is 0 Å². The van der Waals surface area contributed by atoms with Gasteiger partial charge in [0.15, 0.2) is 0 Å². The molecule has 0 bridgehead atoms. The predicted octanol–water partition coefficient (Wildman–Crippen LogP) is 2.58. The van der Waals surface area contributed by atoms with Crippen LogP contribution in [0, 0.1) is 5.41 Å². The quantitative estimate of drug-likeness (QED) is 0.607. The Balaban J connectivity index is 2.04. The van der Waals surface area contributed by atoms with Gasteiger partial charge in [0, 0.05) is 25.8 Å². The molecule has 1 aliphatic carbocycles. The maximum absolute atomic E-state index is 5.54. The van der Waals surface area contributed by atoms with Crippen LogP contribution in [0.25, 0.3) is 0 Å². The highest BCUT2D eigenvalue weighted by atomic mass is 16.5. The van der Waals surface area contributed by atoms with Crippen LogP contribution in [0.3, 0.4) is 0 Å². The van der Waals surface area contributed by atoms with Crippen molar-refractivity contribution >= 4 is 0 Å². The molecule has 1 aliphatic rings. The van der Waals surface area contributed by atoms with E-state index < -0.39 is 0 Å². The van der Waals surface area contributed by atoms with Crippen molar-refractivity contribution in [3.05, 3.63) is 0 Å². The molecule has 0 heterocycles. The van der Waals surface area contributed by atoms with Crippen molar-refractivity contribution in [1.82, 2.24) is 5.32 Å². The lowest BCUT2D eigenvalue weighted by Crippen LogP contribution is -2.30. The third-order valence-corrected chi connectivity index (χ3v) is 2.97. The van der Waals surface area contributed by atoms with Gasteiger partial charge in [-0.3, -0.25) is 0 Å². The normalized spacial score (nSPS) is 18.9. The van der Waals surface area contributed by atoms with Crippen LogP contribution in [0.5, 0.6) is 0 Å². The minimum Gasteiger partial charge on any atom is -0.381 e. The summed E-state index contributed by atoms with van der Waals surface area (Å²) in [5.41, 5.74) is 0.595. The molecule has 0 saturated heterocycles. The number of nitrogens with one attached hydrogen (secondary N) is 1. The first-order chi connectivity index (χ1) is 6.68. The van der Waals surface area contributed by atoms with Crippen LogP contribution < -0.4 is 5.32 Å². The molecule has 1 N–H and O–H groups in total. The van der Waals surface area contributed by atoms with E-state index in [2.05, 4.69) is 26.1 Å². The molecule has 0 unspecified atom stereocenters. The van der Waals surface area contributed by atoms with Crippen molar-refractivity contribution in [1.29, 1.82) is 0 Å². The Hall–Kier alpha value is -0.0800. The molecular formula is C12H25NO. The average molecular weight is 199 g/mol. The van der Waals surface area contributed by atoms with Gasteiger partial charge in [-0.1, -0.05) is 20.8 Å². The highest BCUT2D eigenvalue weighted by Crippen LogP contribution is 2.48. The number of ether oxygens (including phenoxy) is 1. The lowest BCUT2D eigenvalue weighted by molar-refractivity contribution is 0.116. The fourth-order valence-corrected chi connectivity index (χ4v) is 1.65. The summed E-state index contributed by atoms with van der Waals surface area (Å²) in [6, 6.07) is 0.615. The summed E-state index contributed by atoms with van der Waals surface area (Å²) in [6.07, 6.45) is 5.16. The zero-order chi connectivity index (χ0) is 10.4. The standard InChI is InChI=1S/C12H25NO/c1-4-8-14-9-7-12(5-6-12)10-13-11(2)3/h11,13H,4-10H2,1-3H3. The smallest absolute Gasteiger partial charge is 0.0471 e. The molecule has 0 aromatic carbocycles. The molecule has 2 heteroatoms. The van der Waals surface area contributed by atoms with Gasteiger partial charge in [0.1, 0.15) is 0 Å². The zero-order valence-corrected chi connectivity index (χ0v) is 9.94. The zero-order valence-electron chi connectivity index (χ0n) is 9.94. The Morgan fingerprint density at radius 2 is 2.00 bits per heavy atom. The van der Waals surface area contributed by atoms with Crippen molar-refractivity contribution in [3.63, 3.8) is 0 Å². The van der Waals surface area contributed by atoms with E-state index in [4.69, 9.17) is 4.74 Å². The molecule has 1 saturated carbocycles. The lowest BCUT2D eigenvalue weighted by atomic mass is 10.0. The summed E-state index contributed by atoms with van der Waals surface area (Å²) in [5.74, 6) is 0. The predicted molar refractivity (Wildman–Crippen MR) is 60.5 cm³/mol. The van der Waals surface area contributed by atoms with E-state index in [1.807, 2.05) is 0 Å². The van der Waals surface area contributed by atoms with Gasteiger partial charge in [0.25, 0.3) is 0 Å². The summed E-state index contributed by atoms with van der Waals surface area (Å²) >= 11 is 0. The number of hydrogen-bond donors (Lipinski definition) is 1. The van der Waals surface area contributed by atoms with Crippen LogP contribution in [-0.4, -0.2) is 25.8 Å². The summed E-state index contributed by atoms with van der Waals surface area (Å²) in [5, 5.41) is 3.53. The SMILES string of the molecule is CCCOCCC1(CNC(C)C)CC1. The van der Waals surface area contributed by atoms with Crippen LogP contribution in [0.4, 0.5) is 0 Å². The third kappa shape index (κ3) is 4.43. The minimum atomic E-state index is 0.595. The first kappa shape index (κ1) is 12.0. The second-order valence-electron chi connectivity index (χ2n) is 4.90. The molecular weight excluding hydrogens is 174 g/mol. The van der Waals surface area contributed by atoms with Gasteiger partial charge in [-0.05, 0) is 31.1 Å². The van der Waals surface area contributed by atoms with E-state index in [0.29, 0.717) is 11.5 Å². The van der Waals surface area contributed by atoms with Crippen LogP contribution in [0.1, 0.15) is 46.5 Å². The van der Waals surface area contributed by atoms with Gasteiger partial charge in [0.2, 0.25) is 0 Å². The minimum absolute atomic E-state index is 0.595. The number of hydrogen-bond acceptors (Lipinski definition) is 2. The van der Waals surface area contributed by atoms with E-state index in [9.17, 15) is 0 Å². The van der Waals surface area contributed by atoms with Gasteiger partial charge < -0.3 is 10.1 Å². The summed E-state index contributed by atoms with van der Waals surface area (Å²) in [4.78, 5) is 0. The van der Waals surface area contributed by atoms with Crippen molar-refractivity contribution in [2.75, 3.05) is 19.8 Å². The molecule has 0 aliphatic heterocycles. The van der Waals surface area contributed by atoms with Crippen molar-refractivity contribution < 1.29 is 4.74 Å². The summed E-state index contributed by atoms with van der Waals surface area (Å²) in [6.45, 7) is 9.64. The Bertz CT molecular complexity index is 152. The first-order valence-corrected chi connectivity index (χ1v) is 6.00. The third-order valence-electron chi connectivity index (χ3n) is 2.97. The molecule has 2 nitrogen and oxygen atoms in total. The van der Waals surface area contributed by atoms with Gasteiger partial charge in [-0.2, -0.15) is 0 Å². The molecule has 0 radical (unpaired) electrons. The van der Waals surface area contributed by atoms with E-state index in [0.717, 1.165) is 19.6 Å². The fourth-order valence-electron chi connectivity index (χ4n) is 1.65. The van der Waals surface area contributed by atoms with Crippen molar-refractivity contribution in [3.8, 4) is 0 Å². The maximum atomic E-state index is 5.54. The topological polar surface area (TPSA) is 21.3 Å². The summed E-state index contributed by atoms with van der Waals surface area (Å²) in [7, 11) is 0. The highest BCUT2D eigenvalue weighted by molar-refractivity contribution is 4.94. The van der Waals surface area contributed by atoms with Crippen LogP contribution >= 0.6 is 0 Å². The van der Waals surface area contributed by atoms with E-state index in [1.54, 1.807) is 0 Å². The molecule has 0 spiro atoms. The Morgan fingerprint density at radius 3 is 2.50 bits per heavy atom. The maximum Gasteiger partial charge on any atom is 0.0471 e. The fraction of sp³-hybridized carbons (Fsp3) is 1.00. The number of rotatable bonds is 8. The Morgan fingerprint density at radius 1 is 1.29 bits per heavy atom. The molecule has 0 amide bonds. The monoisotopic (exact) mass is 199 g/mol. The average Bonchev–Trinajstić information content (AvgIpc) is 2.91. The molecule has 84 valence electrons. The van der Waals surface area contributed by atoms with E-state index >= 15 is 0 Å². The van der Waals surface area contributed by atoms with Gasteiger partial charge in [0.05, 0.1) is 0 Å². The second-order valence-corrected chi connectivity index (χ2v) is 4.90. The first-order valence-electron chi connectivity index (χ1n) is 6.00. The summed E-state index contributed by atoms with van der Waals surface area (Å²) < 4.78 is 5.54. The van der Waals surface area contributed by atoms with Crippen LogP contribution in [0.15, 0.2) is 0 Å². The molecule has 14 heavy (non-hydrogen) atoms. The highest BCUT2D eigenvalue weighted by Gasteiger charge is 2.41. The van der Waals surface area contributed by atoms with E-state index in [1.165, 1.54) is 25.8 Å². The molecule has 1 fully saturated rings. The van der Waals surface area contributed by atoms with Crippen molar-refractivity contribution in [2.24, 2.45) is 5.41 Å². The molecule has 1 rings (SSSR count). The van der Waals surface area contributed by atoms with Crippen LogP contribution in [0.2, 0.25) is 0 Å². The second kappa shape index (κ2) is 5.72. The molecule has 0 aromatic heterocycles. The molecule has 0 atom stereocenters.